The predicted octanol–water partition coefficient (Wildman–Crippen LogP) is 8.61. The van der Waals surface area contributed by atoms with Gasteiger partial charge in [-0.25, -0.2) is 0 Å². The van der Waals surface area contributed by atoms with Crippen LogP contribution in [0.25, 0.3) is 11.1 Å². The first-order chi connectivity index (χ1) is 14.2. The molecule has 1 aliphatic carbocycles. The smallest absolute Gasteiger partial charge is 0.0582 e. The highest BCUT2D eigenvalue weighted by molar-refractivity contribution is 6.33. The van der Waals surface area contributed by atoms with Crippen molar-refractivity contribution in [2.75, 3.05) is 5.32 Å². The van der Waals surface area contributed by atoms with Crippen LogP contribution >= 0.6 is 34.8 Å². The van der Waals surface area contributed by atoms with Gasteiger partial charge in [-0.1, -0.05) is 65.7 Å². The first-order valence-electron chi connectivity index (χ1n) is 9.96. The van der Waals surface area contributed by atoms with Gasteiger partial charge in [0.2, 0.25) is 0 Å². The Labute approximate surface area is 193 Å². The maximum Gasteiger partial charge on any atom is 0.0582 e. The van der Waals surface area contributed by atoms with E-state index in [1.165, 1.54) is 11.1 Å². The first kappa shape index (κ1) is 21.3. The van der Waals surface area contributed by atoms with E-state index in [0.29, 0.717) is 0 Å². The zero-order valence-corrected chi connectivity index (χ0v) is 19.5. The summed E-state index contributed by atoms with van der Waals surface area (Å²) >= 11 is 19.6. The molecule has 30 heavy (non-hydrogen) atoms. The average Bonchev–Trinajstić information content (AvgIpc) is 3.26. The van der Waals surface area contributed by atoms with Crippen molar-refractivity contribution in [1.29, 1.82) is 0 Å². The molecule has 0 amide bonds. The van der Waals surface area contributed by atoms with Crippen LogP contribution in [0.2, 0.25) is 10.0 Å². The van der Waals surface area contributed by atoms with Crippen LogP contribution in [0.3, 0.4) is 0 Å². The van der Waals surface area contributed by atoms with Crippen LogP contribution < -0.4 is 5.32 Å². The molecule has 0 aromatic heterocycles. The highest BCUT2D eigenvalue weighted by Crippen LogP contribution is 2.64. The Kier molecular flexibility index (Phi) is 5.66. The normalized spacial score (nSPS) is 22.6. The van der Waals surface area contributed by atoms with Gasteiger partial charge in [0.05, 0.1) is 4.87 Å². The zero-order chi connectivity index (χ0) is 21.6. The van der Waals surface area contributed by atoms with Gasteiger partial charge in [0.25, 0.3) is 0 Å². The van der Waals surface area contributed by atoms with Crippen molar-refractivity contribution in [3.63, 3.8) is 0 Å². The van der Waals surface area contributed by atoms with Gasteiger partial charge >= 0.3 is 0 Å². The number of benzene rings is 3. The van der Waals surface area contributed by atoms with E-state index in [1.54, 1.807) is 0 Å². The summed E-state index contributed by atoms with van der Waals surface area (Å²) in [6.45, 7) is 10.6. The van der Waals surface area contributed by atoms with E-state index >= 15 is 0 Å². The van der Waals surface area contributed by atoms with Crippen LogP contribution in [0.5, 0.6) is 0 Å². The lowest BCUT2D eigenvalue weighted by Gasteiger charge is -2.14. The summed E-state index contributed by atoms with van der Waals surface area (Å²) in [7, 11) is 0. The van der Waals surface area contributed by atoms with Gasteiger partial charge in [0, 0.05) is 38.8 Å². The predicted molar refractivity (Wildman–Crippen MR) is 131 cm³/mol. The van der Waals surface area contributed by atoms with Gasteiger partial charge in [-0.05, 0) is 67.8 Å². The second kappa shape index (κ2) is 7.96. The number of hydrogen-bond acceptors (Lipinski definition) is 1. The zero-order valence-electron chi connectivity index (χ0n) is 17.3. The van der Waals surface area contributed by atoms with Crippen LogP contribution in [0.4, 0.5) is 5.69 Å². The number of nitrogens with one attached hydrogen (secondary N) is 1. The summed E-state index contributed by atoms with van der Waals surface area (Å²) in [6.07, 6.45) is 0. The topological polar surface area (TPSA) is 12.0 Å². The summed E-state index contributed by atoms with van der Waals surface area (Å²) in [4.78, 5) is -0.391. The second-order valence-electron chi connectivity index (χ2n) is 8.32. The molecule has 1 fully saturated rings. The number of aryl methyl sites for hydroxylation is 2. The Hall–Kier alpha value is -1.93. The molecule has 0 aliphatic heterocycles. The molecular formula is C26H24Cl3N. The summed E-state index contributed by atoms with van der Waals surface area (Å²) in [6, 6.07) is 20.3. The van der Waals surface area contributed by atoms with Crippen LogP contribution in [-0.4, -0.2) is 4.87 Å². The maximum absolute atomic E-state index is 6.84. The van der Waals surface area contributed by atoms with E-state index in [9.17, 15) is 0 Å². The molecule has 154 valence electrons. The Bertz CT molecular complexity index is 1130. The van der Waals surface area contributed by atoms with Crippen molar-refractivity contribution >= 4 is 40.5 Å². The maximum atomic E-state index is 6.84. The van der Waals surface area contributed by atoms with Crippen molar-refractivity contribution in [2.45, 2.75) is 31.6 Å². The molecule has 1 aliphatic rings. The molecule has 1 nitrogen and oxygen atoms in total. The third-order valence-electron chi connectivity index (χ3n) is 5.97. The van der Waals surface area contributed by atoms with Crippen molar-refractivity contribution in [3.05, 3.63) is 99.7 Å². The van der Waals surface area contributed by atoms with E-state index in [0.717, 1.165) is 38.1 Å². The fraction of sp³-hybridized carbons (Fsp3) is 0.231. The summed E-state index contributed by atoms with van der Waals surface area (Å²) in [5.41, 5.74) is 7.55. The largest absolute Gasteiger partial charge is 0.359 e. The molecule has 0 radical (unpaired) electrons. The fourth-order valence-electron chi connectivity index (χ4n) is 4.43. The molecule has 1 saturated carbocycles. The minimum Gasteiger partial charge on any atom is -0.359 e. The standard InChI is InChI=1S/C26H24Cl3N/c1-15-8-10-21(16(2)12-15)22-14-20(9-11-23(22)28)30-17(3)24-25(26(24,4)29)18-6-5-7-19(27)13-18/h5-14,24-25,30H,3H2,1-2,4H3. The molecule has 3 aromatic carbocycles. The number of hydrogen-bond donors (Lipinski definition) is 1. The van der Waals surface area contributed by atoms with Gasteiger partial charge in [-0.2, -0.15) is 0 Å². The van der Waals surface area contributed by atoms with Crippen molar-refractivity contribution in [3.8, 4) is 11.1 Å². The highest BCUT2D eigenvalue weighted by Gasteiger charge is 2.62. The van der Waals surface area contributed by atoms with Gasteiger partial charge in [-0.3, -0.25) is 0 Å². The lowest BCUT2D eigenvalue weighted by atomic mass is 9.98. The molecule has 3 aromatic rings. The van der Waals surface area contributed by atoms with E-state index in [-0.39, 0.29) is 11.8 Å². The Balaban J connectivity index is 1.58. The van der Waals surface area contributed by atoms with Crippen LogP contribution in [0, 0.1) is 19.8 Å². The second-order valence-corrected chi connectivity index (χ2v) is 9.98. The molecule has 0 heterocycles. The van der Waals surface area contributed by atoms with Crippen molar-refractivity contribution in [2.24, 2.45) is 5.92 Å². The fourth-order valence-corrected chi connectivity index (χ4v) is 5.30. The summed E-state index contributed by atoms with van der Waals surface area (Å²) < 4.78 is 0. The lowest BCUT2D eigenvalue weighted by Crippen LogP contribution is -2.05. The molecule has 3 atom stereocenters. The van der Waals surface area contributed by atoms with Crippen molar-refractivity contribution < 1.29 is 0 Å². The average molecular weight is 457 g/mol. The van der Waals surface area contributed by atoms with E-state index < -0.39 is 4.87 Å². The van der Waals surface area contributed by atoms with Crippen LogP contribution in [-0.2, 0) is 0 Å². The minimum atomic E-state index is -0.391. The Morgan fingerprint density at radius 1 is 0.967 bits per heavy atom. The molecule has 1 N–H and O–H groups in total. The van der Waals surface area contributed by atoms with Gasteiger partial charge < -0.3 is 5.32 Å². The molecule has 3 unspecified atom stereocenters. The number of allylic oxidation sites excluding steroid dienone is 1. The first-order valence-corrected chi connectivity index (χ1v) is 11.1. The number of halogens is 3. The van der Waals surface area contributed by atoms with E-state index in [4.69, 9.17) is 34.8 Å². The molecule has 0 bridgehead atoms. The van der Waals surface area contributed by atoms with Gasteiger partial charge in [0.1, 0.15) is 0 Å². The summed E-state index contributed by atoms with van der Waals surface area (Å²) in [5.74, 6) is 0.279. The third kappa shape index (κ3) is 3.99. The number of rotatable bonds is 5. The van der Waals surface area contributed by atoms with Crippen molar-refractivity contribution in [1.82, 2.24) is 0 Å². The lowest BCUT2D eigenvalue weighted by molar-refractivity contribution is 0.899. The van der Waals surface area contributed by atoms with Gasteiger partial charge in [-0.15, -0.1) is 11.6 Å². The van der Waals surface area contributed by atoms with E-state index in [2.05, 4.69) is 63.0 Å². The highest BCUT2D eigenvalue weighted by atomic mass is 35.5. The van der Waals surface area contributed by atoms with Gasteiger partial charge in [0.15, 0.2) is 0 Å². The molecule has 0 spiro atoms. The SMILES string of the molecule is C=C(Nc1ccc(Cl)c(-c2ccc(C)cc2C)c1)C1C(c2cccc(Cl)c2)C1(C)Cl. The Morgan fingerprint density at radius 2 is 1.73 bits per heavy atom. The molecule has 4 heteroatoms. The minimum absolute atomic E-state index is 0.109. The monoisotopic (exact) mass is 455 g/mol. The molecule has 0 saturated heterocycles. The third-order valence-corrected chi connectivity index (χ3v) is 7.00. The molecular weight excluding hydrogens is 433 g/mol. The Morgan fingerprint density at radius 3 is 2.43 bits per heavy atom. The molecule has 4 rings (SSSR count). The van der Waals surface area contributed by atoms with Crippen LogP contribution in [0.1, 0.15) is 29.5 Å². The quantitative estimate of drug-likeness (QED) is 0.379. The summed E-state index contributed by atoms with van der Waals surface area (Å²) in [5, 5.41) is 4.92. The number of anilines is 1. The number of alkyl halides is 1. The van der Waals surface area contributed by atoms with Crippen LogP contribution in [0.15, 0.2) is 72.9 Å². The van der Waals surface area contributed by atoms with E-state index in [1.807, 2.05) is 30.3 Å².